The summed E-state index contributed by atoms with van der Waals surface area (Å²) in [6.07, 6.45) is 0.533. The topological polar surface area (TPSA) is 67.0 Å². The third-order valence-corrected chi connectivity index (χ3v) is 3.88. The molecule has 0 atom stereocenters. The van der Waals surface area contributed by atoms with Crippen LogP contribution in [-0.4, -0.2) is 29.0 Å². The van der Waals surface area contributed by atoms with Crippen molar-refractivity contribution in [3.05, 3.63) is 59.2 Å². The van der Waals surface area contributed by atoms with Crippen LogP contribution in [0.3, 0.4) is 0 Å². The number of amides is 1. The minimum Gasteiger partial charge on any atom is -0.483 e. The van der Waals surface area contributed by atoms with Crippen LogP contribution in [-0.2, 0) is 11.2 Å². The van der Waals surface area contributed by atoms with E-state index in [2.05, 4.69) is 15.3 Å². The van der Waals surface area contributed by atoms with Crippen molar-refractivity contribution in [3.63, 3.8) is 0 Å². The van der Waals surface area contributed by atoms with Crippen LogP contribution in [0.4, 0.5) is 4.39 Å². The van der Waals surface area contributed by atoms with Gasteiger partial charge in [-0.3, -0.25) is 4.79 Å². The van der Waals surface area contributed by atoms with Crippen molar-refractivity contribution in [2.45, 2.75) is 20.3 Å². The van der Waals surface area contributed by atoms with Crippen molar-refractivity contribution < 1.29 is 13.9 Å². The van der Waals surface area contributed by atoms with E-state index in [9.17, 15) is 9.18 Å². The molecule has 0 spiro atoms. The summed E-state index contributed by atoms with van der Waals surface area (Å²) in [6.45, 7) is 4.32. The fourth-order valence-electron chi connectivity index (χ4n) is 2.53. The van der Waals surface area contributed by atoms with Gasteiger partial charge in [0.2, 0.25) is 0 Å². The molecule has 6 heteroatoms. The highest BCUT2D eigenvalue weighted by molar-refractivity contribution is 5.77. The van der Waals surface area contributed by atoms with Crippen molar-refractivity contribution in [2.24, 2.45) is 0 Å². The first-order valence-corrected chi connectivity index (χ1v) is 8.12. The molecule has 0 aliphatic carbocycles. The van der Waals surface area contributed by atoms with E-state index in [1.165, 1.54) is 12.1 Å². The minimum atomic E-state index is -0.306. The average Bonchev–Trinajstić information content (AvgIpc) is 2.97. The van der Waals surface area contributed by atoms with E-state index in [0.717, 1.165) is 16.9 Å². The normalized spacial score (nSPS) is 10.8. The van der Waals surface area contributed by atoms with Crippen molar-refractivity contribution in [1.29, 1.82) is 0 Å². The third kappa shape index (κ3) is 4.35. The van der Waals surface area contributed by atoms with Gasteiger partial charge in [0.15, 0.2) is 6.61 Å². The molecule has 0 bridgehead atoms. The number of fused-ring (bicyclic) bond motifs is 1. The quantitative estimate of drug-likeness (QED) is 0.724. The zero-order valence-corrected chi connectivity index (χ0v) is 14.2. The van der Waals surface area contributed by atoms with E-state index >= 15 is 0 Å². The Bertz CT molecular complexity index is 905. The molecule has 0 unspecified atom stereocenters. The van der Waals surface area contributed by atoms with Crippen LogP contribution in [0.2, 0.25) is 0 Å². The van der Waals surface area contributed by atoms with Gasteiger partial charge in [0.25, 0.3) is 5.91 Å². The number of hydrogen-bond donors (Lipinski definition) is 2. The van der Waals surface area contributed by atoms with Crippen LogP contribution in [0, 0.1) is 19.7 Å². The molecule has 0 aliphatic rings. The van der Waals surface area contributed by atoms with E-state index in [0.29, 0.717) is 29.8 Å². The minimum absolute atomic E-state index is 0.0321. The SMILES string of the molecule is Cc1ccc(C)c(OCC(=O)NCCc2nc3ccc(F)cc3[nH]2)c1. The molecule has 2 aromatic carbocycles. The van der Waals surface area contributed by atoms with Crippen molar-refractivity contribution in [1.82, 2.24) is 15.3 Å². The molecule has 2 N–H and O–H groups in total. The second-order valence-corrected chi connectivity index (χ2v) is 6.00. The molecule has 1 heterocycles. The van der Waals surface area contributed by atoms with E-state index in [1.54, 1.807) is 6.07 Å². The van der Waals surface area contributed by atoms with E-state index < -0.39 is 0 Å². The Morgan fingerprint density at radius 1 is 1.24 bits per heavy atom. The largest absolute Gasteiger partial charge is 0.483 e. The number of halogens is 1. The standard InChI is InChI=1S/C19H20FN3O2/c1-12-3-4-13(2)17(9-12)25-11-19(24)21-8-7-18-22-15-6-5-14(20)10-16(15)23-18/h3-6,9-10H,7-8,11H2,1-2H3,(H,21,24)(H,22,23). The highest BCUT2D eigenvalue weighted by Gasteiger charge is 2.07. The van der Waals surface area contributed by atoms with Crippen molar-refractivity contribution in [2.75, 3.05) is 13.2 Å². The number of carbonyl (C=O) groups is 1. The Morgan fingerprint density at radius 2 is 2.08 bits per heavy atom. The molecule has 0 fully saturated rings. The highest BCUT2D eigenvalue weighted by Crippen LogP contribution is 2.18. The maximum absolute atomic E-state index is 13.2. The summed E-state index contributed by atoms with van der Waals surface area (Å²) >= 11 is 0. The molecule has 5 nitrogen and oxygen atoms in total. The van der Waals surface area contributed by atoms with Gasteiger partial charge >= 0.3 is 0 Å². The Hall–Kier alpha value is -2.89. The number of nitrogens with zero attached hydrogens (tertiary/aromatic N) is 1. The molecule has 0 saturated heterocycles. The maximum atomic E-state index is 13.2. The number of H-pyrrole nitrogens is 1. The summed E-state index contributed by atoms with van der Waals surface area (Å²) < 4.78 is 18.7. The van der Waals surface area contributed by atoms with Gasteiger partial charge in [0.05, 0.1) is 11.0 Å². The van der Waals surface area contributed by atoms with Gasteiger partial charge in [-0.15, -0.1) is 0 Å². The number of aromatic amines is 1. The lowest BCUT2D eigenvalue weighted by atomic mass is 10.1. The summed E-state index contributed by atoms with van der Waals surface area (Å²) in [5.41, 5.74) is 3.44. The smallest absolute Gasteiger partial charge is 0.257 e. The molecule has 3 aromatic rings. The predicted octanol–water partition coefficient (Wildman–Crippen LogP) is 3.06. The number of ether oxygens (including phenoxy) is 1. The number of carbonyl (C=O) groups excluding carboxylic acids is 1. The average molecular weight is 341 g/mol. The lowest BCUT2D eigenvalue weighted by molar-refractivity contribution is -0.123. The number of imidazole rings is 1. The van der Waals surface area contributed by atoms with E-state index in [4.69, 9.17) is 4.74 Å². The number of benzene rings is 2. The summed E-state index contributed by atoms with van der Waals surface area (Å²) in [4.78, 5) is 19.3. The molecule has 1 aromatic heterocycles. The highest BCUT2D eigenvalue weighted by atomic mass is 19.1. The van der Waals surface area contributed by atoms with Crippen molar-refractivity contribution in [3.8, 4) is 5.75 Å². The Balaban J connectivity index is 1.48. The van der Waals surface area contributed by atoms with Crippen LogP contribution >= 0.6 is 0 Å². The summed E-state index contributed by atoms with van der Waals surface area (Å²) in [7, 11) is 0. The van der Waals surface area contributed by atoms with E-state index in [-0.39, 0.29) is 18.3 Å². The lowest BCUT2D eigenvalue weighted by Gasteiger charge is -2.10. The van der Waals surface area contributed by atoms with Crippen LogP contribution in [0.5, 0.6) is 5.75 Å². The summed E-state index contributed by atoms with van der Waals surface area (Å²) in [6, 6.07) is 10.3. The number of aromatic nitrogens is 2. The summed E-state index contributed by atoms with van der Waals surface area (Å²) in [5, 5.41) is 2.79. The van der Waals surface area contributed by atoms with Gasteiger partial charge in [-0.25, -0.2) is 9.37 Å². The first-order chi connectivity index (χ1) is 12.0. The molecule has 25 heavy (non-hydrogen) atoms. The Morgan fingerprint density at radius 3 is 2.92 bits per heavy atom. The van der Waals surface area contributed by atoms with Gasteiger partial charge in [-0.2, -0.15) is 0 Å². The molecular weight excluding hydrogens is 321 g/mol. The van der Waals surface area contributed by atoms with Gasteiger partial charge < -0.3 is 15.0 Å². The van der Waals surface area contributed by atoms with Gasteiger partial charge in [0, 0.05) is 13.0 Å². The monoisotopic (exact) mass is 341 g/mol. The second-order valence-electron chi connectivity index (χ2n) is 6.00. The summed E-state index contributed by atoms with van der Waals surface area (Å²) in [5.74, 6) is 0.925. The van der Waals surface area contributed by atoms with Gasteiger partial charge in [-0.1, -0.05) is 12.1 Å². The van der Waals surface area contributed by atoms with Gasteiger partial charge in [0.1, 0.15) is 17.4 Å². The predicted molar refractivity (Wildman–Crippen MR) is 94.2 cm³/mol. The van der Waals surface area contributed by atoms with Crippen LogP contribution in [0.1, 0.15) is 17.0 Å². The maximum Gasteiger partial charge on any atom is 0.257 e. The molecular formula is C19H20FN3O2. The number of rotatable bonds is 6. The second kappa shape index (κ2) is 7.34. The number of hydrogen-bond acceptors (Lipinski definition) is 3. The lowest BCUT2D eigenvalue weighted by Crippen LogP contribution is -2.30. The third-order valence-electron chi connectivity index (χ3n) is 3.88. The fourth-order valence-corrected chi connectivity index (χ4v) is 2.53. The first-order valence-electron chi connectivity index (χ1n) is 8.12. The molecule has 1 amide bonds. The van der Waals surface area contributed by atoms with Crippen LogP contribution in [0.25, 0.3) is 11.0 Å². The fraction of sp³-hybridized carbons (Fsp3) is 0.263. The Kier molecular flexibility index (Phi) is 4.97. The van der Waals surface area contributed by atoms with E-state index in [1.807, 2.05) is 32.0 Å². The molecule has 0 radical (unpaired) electrons. The Labute approximate surface area is 145 Å². The molecule has 130 valence electrons. The number of nitrogens with one attached hydrogen (secondary N) is 2. The molecule has 0 saturated carbocycles. The van der Waals surface area contributed by atoms with Crippen LogP contribution < -0.4 is 10.1 Å². The zero-order valence-electron chi connectivity index (χ0n) is 14.2. The molecule has 3 rings (SSSR count). The first kappa shape index (κ1) is 17.0. The molecule has 0 aliphatic heterocycles. The van der Waals surface area contributed by atoms with Crippen molar-refractivity contribution >= 4 is 16.9 Å². The number of aryl methyl sites for hydroxylation is 2. The van der Waals surface area contributed by atoms with Crippen LogP contribution in [0.15, 0.2) is 36.4 Å². The zero-order chi connectivity index (χ0) is 17.8. The van der Waals surface area contributed by atoms with Gasteiger partial charge in [-0.05, 0) is 49.2 Å².